The Balaban J connectivity index is 0.000000424. The fourth-order valence-electron chi connectivity index (χ4n) is 0.590. The van der Waals surface area contributed by atoms with Crippen LogP contribution in [0.1, 0.15) is 0 Å². The molecule has 0 unspecified atom stereocenters. The van der Waals surface area contributed by atoms with Crippen LogP contribution in [0.5, 0.6) is 0 Å². The van der Waals surface area contributed by atoms with E-state index in [4.69, 9.17) is 10.0 Å². The molecule has 0 saturated heterocycles. The Labute approximate surface area is 73.9 Å². The number of hydrogen-bond donors (Lipinski definition) is 2. The molecule has 5 nitrogen and oxygen atoms in total. The lowest BCUT2D eigenvalue weighted by atomic mass is 10.3. The van der Waals surface area contributed by atoms with E-state index < -0.39 is 10.7 Å². The monoisotopic (exact) mass is 186 g/mol. The van der Waals surface area contributed by atoms with E-state index in [1.165, 1.54) is 12.1 Å². The summed E-state index contributed by atoms with van der Waals surface area (Å²) in [6, 6.07) is 4.57. The van der Waals surface area contributed by atoms with E-state index >= 15 is 0 Å². The second-order valence-corrected chi connectivity index (χ2v) is 1.85. The van der Waals surface area contributed by atoms with Crippen LogP contribution in [0.15, 0.2) is 24.3 Å². The number of nitrogens with zero attached hydrogens (tertiary/aromatic N) is 1. The maximum atomic E-state index is 12.2. The minimum atomic E-state index is -0.636. The topological polar surface area (TPSA) is 83.6 Å². The fraction of sp³-hybridized carbons (Fsp3) is 0. The van der Waals surface area contributed by atoms with Crippen LogP contribution in [0.25, 0.3) is 0 Å². The van der Waals surface area contributed by atoms with Gasteiger partial charge in [-0.1, -0.05) is 6.07 Å². The summed E-state index contributed by atoms with van der Waals surface area (Å²) in [5.74, 6) is -0.589. The highest BCUT2D eigenvalue weighted by Crippen LogP contribution is 2.10. The first-order chi connectivity index (χ1) is 6.11. The van der Waals surface area contributed by atoms with Crippen molar-refractivity contribution >= 4 is 13.4 Å². The van der Waals surface area contributed by atoms with Gasteiger partial charge >= 0.3 is 7.69 Å². The third-order valence-electron chi connectivity index (χ3n) is 1.02. The van der Waals surface area contributed by atoms with Crippen molar-refractivity contribution in [2.45, 2.75) is 0 Å². The number of rotatable bonds is 1. The molecule has 0 aliphatic rings. The van der Waals surface area contributed by atoms with Crippen LogP contribution in [-0.2, 0) is 0 Å². The minimum absolute atomic E-state index is 0. The molecule has 69 valence electrons. The van der Waals surface area contributed by atoms with E-state index in [-0.39, 0.29) is 13.4 Å². The van der Waals surface area contributed by atoms with Gasteiger partial charge in [0.2, 0.25) is 0 Å². The standard InChI is InChI=1S/C6H4FNO2.BH2O2/c7-5-2-1-3-6(4-5)8(9)10;2-1-3/h1-4H;2-3H. The fourth-order valence-corrected chi connectivity index (χ4v) is 0.590. The summed E-state index contributed by atoms with van der Waals surface area (Å²) in [6.45, 7) is 0. The SMILES string of the molecule is O=[N+]([O-])c1cccc(F)c1.O[B]O. The highest BCUT2D eigenvalue weighted by atomic mass is 19.1. The van der Waals surface area contributed by atoms with Crippen molar-refractivity contribution in [2.75, 3.05) is 0 Å². The van der Waals surface area contributed by atoms with Gasteiger partial charge in [-0.3, -0.25) is 10.1 Å². The molecule has 1 aromatic rings. The molecule has 0 spiro atoms. The van der Waals surface area contributed by atoms with Gasteiger partial charge < -0.3 is 10.0 Å². The summed E-state index contributed by atoms with van der Waals surface area (Å²) < 4.78 is 12.2. The molecule has 1 aromatic carbocycles. The molecule has 0 amide bonds. The van der Waals surface area contributed by atoms with Gasteiger partial charge in [-0.15, -0.1) is 0 Å². The van der Waals surface area contributed by atoms with Gasteiger partial charge in [-0.05, 0) is 6.07 Å². The minimum Gasteiger partial charge on any atom is -0.429 e. The first kappa shape index (κ1) is 11.5. The Morgan fingerprint density at radius 1 is 1.46 bits per heavy atom. The molecule has 0 heterocycles. The van der Waals surface area contributed by atoms with Crippen molar-refractivity contribution in [1.29, 1.82) is 0 Å². The Bertz CT molecular complexity index is 283. The van der Waals surface area contributed by atoms with Crippen LogP contribution in [0, 0.1) is 15.9 Å². The maximum absolute atomic E-state index is 12.2. The van der Waals surface area contributed by atoms with Gasteiger partial charge in [0.25, 0.3) is 5.69 Å². The molecule has 0 saturated carbocycles. The zero-order valence-corrected chi connectivity index (χ0v) is 6.42. The van der Waals surface area contributed by atoms with Crippen LogP contribution in [-0.4, -0.2) is 22.7 Å². The average molecular weight is 186 g/mol. The lowest BCUT2D eigenvalue weighted by Crippen LogP contribution is -1.87. The molecule has 2 N–H and O–H groups in total. The molecule has 0 aliphatic heterocycles. The van der Waals surface area contributed by atoms with Crippen LogP contribution in [0.3, 0.4) is 0 Å². The third-order valence-corrected chi connectivity index (χ3v) is 1.02. The quantitative estimate of drug-likeness (QED) is 0.373. The van der Waals surface area contributed by atoms with Gasteiger partial charge in [0.1, 0.15) is 5.82 Å². The predicted octanol–water partition coefficient (Wildman–Crippen LogP) is 0.239. The van der Waals surface area contributed by atoms with Gasteiger partial charge in [-0.2, -0.15) is 0 Å². The number of non-ortho nitro benzene ring substituents is 1. The molecule has 0 fully saturated rings. The zero-order valence-electron chi connectivity index (χ0n) is 6.42. The summed E-state index contributed by atoms with van der Waals surface area (Å²) in [7, 11) is 0. The van der Waals surface area contributed by atoms with Crippen molar-refractivity contribution in [3.8, 4) is 0 Å². The Hall–Kier alpha value is -1.47. The van der Waals surface area contributed by atoms with Gasteiger partial charge in [0, 0.05) is 6.07 Å². The largest absolute Gasteiger partial charge is 0.482 e. The summed E-state index contributed by atoms with van der Waals surface area (Å²) in [6.07, 6.45) is 0. The molecule has 0 aromatic heterocycles. The Kier molecular flexibility index (Phi) is 5.41. The van der Waals surface area contributed by atoms with Crippen molar-refractivity contribution in [3.63, 3.8) is 0 Å². The maximum Gasteiger partial charge on any atom is 0.482 e. The van der Waals surface area contributed by atoms with Crippen molar-refractivity contribution in [2.24, 2.45) is 0 Å². The van der Waals surface area contributed by atoms with Crippen LogP contribution < -0.4 is 0 Å². The van der Waals surface area contributed by atoms with Crippen LogP contribution in [0.4, 0.5) is 10.1 Å². The van der Waals surface area contributed by atoms with Gasteiger partial charge in [-0.25, -0.2) is 4.39 Å². The lowest BCUT2D eigenvalue weighted by molar-refractivity contribution is -0.385. The number of benzene rings is 1. The zero-order chi connectivity index (χ0) is 10.3. The van der Waals surface area contributed by atoms with Crippen LogP contribution in [0.2, 0.25) is 0 Å². The smallest absolute Gasteiger partial charge is 0.429 e. The summed E-state index contributed by atoms with van der Waals surface area (Å²) in [5.41, 5.74) is -0.222. The molecule has 0 atom stereocenters. The molecule has 13 heavy (non-hydrogen) atoms. The van der Waals surface area contributed by atoms with E-state index in [0.717, 1.165) is 12.1 Å². The molecule has 1 radical (unpaired) electrons. The third kappa shape index (κ3) is 4.88. The molecule has 1 rings (SSSR count). The van der Waals surface area contributed by atoms with E-state index in [2.05, 4.69) is 0 Å². The van der Waals surface area contributed by atoms with E-state index in [1.807, 2.05) is 0 Å². The first-order valence-corrected chi connectivity index (χ1v) is 3.12. The average Bonchev–Trinajstić information content (AvgIpc) is 2.05. The molecular formula is C6H6BFNO4. The van der Waals surface area contributed by atoms with E-state index in [9.17, 15) is 14.5 Å². The van der Waals surface area contributed by atoms with Crippen molar-refractivity contribution in [1.82, 2.24) is 0 Å². The Morgan fingerprint density at radius 2 is 2.00 bits per heavy atom. The van der Waals surface area contributed by atoms with E-state index in [1.54, 1.807) is 0 Å². The Morgan fingerprint density at radius 3 is 2.31 bits per heavy atom. The second kappa shape index (κ2) is 6.10. The number of nitro benzene ring substituents is 1. The predicted molar refractivity (Wildman–Crippen MR) is 43.2 cm³/mol. The molecule has 7 heteroatoms. The highest BCUT2D eigenvalue weighted by molar-refractivity contribution is 6.13. The number of hydrogen-bond acceptors (Lipinski definition) is 4. The van der Waals surface area contributed by atoms with Crippen LogP contribution >= 0.6 is 0 Å². The highest BCUT2D eigenvalue weighted by Gasteiger charge is 2.03. The number of halogens is 1. The van der Waals surface area contributed by atoms with Crippen molar-refractivity contribution < 1.29 is 19.4 Å². The van der Waals surface area contributed by atoms with Crippen molar-refractivity contribution in [3.05, 3.63) is 40.2 Å². The van der Waals surface area contributed by atoms with E-state index in [0.29, 0.717) is 0 Å². The second-order valence-electron chi connectivity index (χ2n) is 1.85. The molecule has 0 aliphatic carbocycles. The summed E-state index contributed by atoms with van der Waals surface area (Å²) >= 11 is 0. The molecule has 0 bridgehead atoms. The first-order valence-electron chi connectivity index (χ1n) is 3.12. The van der Waals surface area contributed by atoms with Gasteiger partial charge in [0.05, 0.1) is 11.0 Å². The lowest BCUT2D eigenvalue weighted by Gasteiger charge is -1.88. The summed E-state index contributed by atoms with van der Waals surface area (Å²) in [5, 5.41) is 24.0. The molecular weight excluding hydrogens is 180 g/mol. The summed E-state index contributed by atoms with van der Waals surface area (Å²) in [4.78, 5) is 9.36. The number of nitro groups is 1. The van der Waals surface area contributed by atoms with Gasteiger partial charge in [0.15, 0.2) is 0 Å². The normalized spacial score (nSPS) is 8.23.